The molecule has 0 saturated heterocycles. The van der Waals surface area contributed by atoms with Gasteiger partial charge in [-0.15, -0.1) is 0 Å². The Morgan fingerprint density at radius 2 is 2.50 bits per heavy atom. The zero-order valence-electron chi connectivity index (χ0n) is 8.54. The number of guanidine groups is 1. The molecule has 5 heteroatoms. The second-order valence-corrected chi connectivity index (χ2v) is 3.39. The van der Waals surface area contributed by atoms with Crippen molar-refractivity contribution in [1.29, 1.82) is 0 Å². The largest absolute Gasteiger partial charge is 0.355 e. The zero-order valence-corrected chi connectivity index (χ0v) is 8.54. The average Bonchev–Trinajstić information content (AvgIpc) is 2.77. The molecule has 0 radical (unpaired) electrons. The van der Waals surface area contributed by atoms with E-state index in [4.69, 9.17) is 0 Å². The molecule has 14 heavy (non-hydrogen) atoms. The van der Waals surface area contributed by atoms with E-state index in [1.807, 2.05) is 17.9 Å². The van der Waals surface area contributed by atoms with E-state index in [0.717, 1.165) is 25.6 Å². The summed E-state index contributed by atoms with van der Waals surface area (Å²) in [4.78, 5) is 4.25. The Balaban J connectivity index is 1.94. The van der Waals surface area contributed by atoms with Gasteiger partial charge in [-0.05, 0) is 6.92 Å². The summed E-state index contributed by atoms with van der Waals surface area (Å²) < 4.78 is 1.88. The van der Waals surface area contributed by atoms with Crippen molar-refractivity contribution in [2.45, 2.75) is 13.5 Å². The summed E-state index contributed by atoms with van der Waals surface area (Å²) in [5.74, 6) is 0.897. The van der Waals surface area contributed by atoms with Crippen LogP contribution in [0.15, 0.2) is 11.2 Å². The molecule has 1 aromatic rings. The van der Waals surface area contributed by atoms with Crippen molar-refractivity contribution in [2.24, 2.45) is 12.0 Å². The fourth-order valence-electron chi connectivity index (χ4n) is 1.41. The topological polar surface area (TPSA) is 54.2 Å². The fourth-order valence-corrected chi connectivity index (χ4v) is 1.41. The molecule has 0 saturated carbocycles. The van der Waals surface area contributed by atoms with E-state index in [2.05, 4.69) is 27.6 Å². The average molecular weight is 193 g/mol. The second kappa shape index (κ2) is 3.69. The highest BCUT2D eigenvalue weighted by Crippen LogP contribution is 2.04. The third kappa shape index (κ3) is 1.71. The molecule has 2 N–H and O–H groups in total. The van der Waals surface area contributed by atoms with Gasteiger partial charge in [0, 0.05) is 31.4 Å². The molecule has 0 aliphatic carbocycles. The van der Waals surface area contributed by atoms with Crippen molar-refractivity contribution in [2.75, 3.05) is 13.1 Å². The van der Waals surface area contributed by atoms with E-state index in [1.54, 1.807) is 0 Å². The van der Waals surface area contributed by atoms with E-state index in [9.17, 15) is 0 Å². The summed E-state index contributed by atoms with van der Waals surface area (Å²) in [7, 11) is 1.95. The highest BCUT2D eigenvalue weighted by Gasteiger charge is 2.06. The Hall–Kier alpha value is -1.52. The first-order valence-electron chi connectivity index (χ1n) is 4.77. The van der Waals surface area contributed by atoms with Crippen LogP contribution in [-0.4, -0.2) is 28.8 Å². The number of nitrogens with one attached hydrogen (secondary N) is 2. The zero-order chi connectivity index (χ0) is 9.97. The van der Waals surface area contributed by atoms with Crippen LogP contribution in [0.4, 0.5) is 0 Å². The lowest BCUT2D eigenvalue weighted by Gasteiger charge is -2.05. The molecule has 1 aromatic heterocycles. The van der Waals surface area contributed by atoms with E-state index in [1.165, 1.54) is 11.3 Å². The molecule has 0 aromatic carbocycles. The van der Waals surface area contributed by atoms with Crippen LogP contribution < -0.4 is 10.6 Å². The number of rotatable bonds is 2. The van der Waals surface area contributed by atoms with Crippen molar-refractivity contribution in [1.82, 2.24) is 20.4 Å². The molecule has 0 fully saturated rings. The molecule has 1 aliphatic heterocycles. The summed E-state index contributed by atoms with van der Waals surface area (Å²) in [5, 5.41) is 10.6. The summed E-state index contributed by atoms with van der Waals surface area (Å²) in [6.07, 6.45) is 1.89. The molecule has 0 unspecified atom stereocenters. The fraction of sp³-hybridized carbons (Fsp3) is 0.556. The van der Waals surface area contributed by atoms with E-state index < -0.39 is 0 Å². The Morgan fingerprint density at radius 3 is 3.07 bits per heavy atom. The van der Waals surface area contributed by atoms with Gasteiger partial charge in [0.2, 0.25) is 0 Å². The summed E-state index contributed by atoms with van der Waals surface area (Å²) in [5.41, 5.74) is 2.40. The first kappa shape index (κ1) is 9.05. The summed E-state index contributed by atoms with van der Waals surface area (Å²) in [6.45, 7) is 4.65. The molecular formula is C9H15N5. The maximum Gasteiger partial charge on any atom is 0.191 e. The summed E-state index contributed by atoms with van der Waals surface area (Å²) >= 11 is 0. The molecule has 1 aliphatic rings. The van der Waals surface area contributed by atoms with Gasteiger partial charge in [-0.1, -0.05) is 0 Å². The molecule has 0 spiro atoms. The van der Waals surface area contributed by atoms with Crippen molar-refractivity contribution >= 4 is 5.96 Å². The van der Waals surface area contributed by atoms with Gasteiger partial charge >= 0.3 is 0 Å². The Kier molecular flexibility index (Phi) is 2.39. The SMILES string of the molecule is Cc1c(CNC2=NCCN2)cnn1C. The molecule has 0 amide bonds. The van der Waals surface area contributed by atoms with E-state index >= 15 is 0 Å². The van der Waals surface area contributed by atoms with Gasteiger partial charge in [0.15, 0.2) is 5.96 Å². The quantitative estimate of drug-likeness (QED) is 0.682. The standard InChI is InChI=1S/C9H15N5/c1-7-8(6-13-14(7)2)5-12-9-10-3-4-11-9/h6H,3-5H2,1-2H3,(H2,10,11,12). The lowest BCUT2D eigenvalue weighted by molar-refractivity contribution is 0.735. The molecule has 76 valence electrons. The molecule has 0 bridgehead atoms. The van der Waals surface area contributed by atoms with Gasteiger partial charge in [-0.3, -0.25) is 9.67 Å². The lowest BCUT2D eigenvalue weighted by atomic mass is 10.2. The summed E-state index contributed by atoms with van der Waals surface area (Å²) in [6, 6.07) is 0. The van der Waals surface area contributed by atoms with Crippen molar-refractivity contribution in [3.8, 4) is 0 Å². The van der Waals surface area contributed by atoms with E-state index in [-0.39, 0.29) is 0 Å². The van der Waals surface area contributed by atoms with Crippen LogP contribution in [0, 0.1) is 6.92 Å². The number of aryl methyl sites for hydroxylation is 1. The predicted molar refractivity (Wildman–Crippen MR) is 55.1 cm³/mol. The molecule has 2 heterocycles. The highest BCUT2D eigenvalue weighted by atomic mass is 15.3. The van der Waals surface area contributed by atoms with Crippen LogP contribution >= 0.6 is 0 Å². The minimum Gasteiger partial charge on any atom is -0.355 e. The van der Waals surface area contributed by atoms with Crippen molar-refractivity contribution in [3.05, 3.63) is 17.5 Å². The Bertz CT molecular complexity index is 352. The van der Waals surface area contributed by atoms with Gasteiger partial charge in [0.05, 0.1) is 12.7 Å². The van der Waals surface area contributed by atoms with Crippen LogP contribution in [0.25, 0.3) is 0 Å². The highest BCUT2D eigenvalue weighted by molar-refractivity contribution is 5.81. The van der Waals surface area contributed by atoms with Gasteiger partial charge in [-0.2, -0.15) is 5.10 Å². The van der Waals surface area contributed by atoms with Gasteiger partial charge in [0.1, 0.15) is 0 Å². The maximum absolute atomic E-state index is 4.25. The minimum absolute atomic E-state index is 0.783. The van der Waals surface area contributed by atoms with Crippen LogP contribution in [0.1, 0.15) is 11.3 Å². The maximum atomic E-state index is 4.25. The number of hydrogen-bond acceptors (Lipinski definition) is 4. The van der Waals surface area contributed by atoms with Gasteiger partial charge in [0.25, 0.3) is 0 Å². The number of nitrogens with zero attached hydrogens (tertiary/aromatic N) is 3. The monoisotopic (exact) mass is 193 g/mol. The van der Waals surface area contributed by atoms with Crippen LogP contribution in [0.2, 0.25) is 0 Å². The Labute approximate surface area is 83.2 Å². The number of aliphatic imine (C=N–C) groups is 1. The van der Waals surface area contributed by atoms with Gasteiger partial charge < -0.3 is 10.6 Å². The first-order valence-corrected chi connectivity index (χ1v) is 4.77. The van der Waals surface area contributed by atoms with Crippen LogP contribution in [0.5, 0.6) is 0 Å². The predicted octanol–water partition coefficient (Wildman–Crippen LogP) is -0.223. The minimum atomic E-state index is 0.783. The number of hydrogen-bond donors (Lipinski definition) is 2. The smallest absolute Gasteiger partial charge is 0.191 e. The van der Waals surface area contributed by atoms with E-state index in [0.29, 0.717) is 0 Å². The third-order valence-electron chi connectivity index (χ3n) is 2.46. The molecule has 0 atom stereocenters. The second-order valence-electron chi connectivity index (χ2n) is 3.39. The molecule has 2 rings (SSSR count). The van der Waals surface area contributed by atoms with Crippen molar-refractivity contribution < 1.29 is 0 Å². The Morgan fingerprint density at radius 1 is 1.64 bits per heavy atom. The normalized spacial score (nSPS) is 15.1. The van der Waals surface area contributed by atoms with Crippen LogP contribution in [-0.2, 0) is 13.6 Å². The third-order valence-corrected chi connectivity index (χ3v) is 2.46. The number of aromatic nitrogens is 2. The first-order chi connectivity index (χ1) is 6.77. The van der Waals surface area contributed by atoms with Crippen molar-refractivity contribution in [3.63, 3.8) is 0 Å². The lowest BCUT2D eigenvalue weighted by Crippen LogP contribution is -2.33. The molecular weight excluding hydrogens is 178 g/mol. The molecule has 5 nitrogen and oxygen atoms in total. The van der Waals surface area contributed by atoms with Crippen LogP contribution in [0.3, 0.4) is 0 Å². The van der Waals surface area contributed by atoms with Gasteiger partial charge in [-0.25, -0.2) is 0 Å².